The van der Waals surface area contributed by atoms with E-state index in [-0.39, 0.29) is 47.9 Å². The van der Waals surface area contributed by atoms with Crippen molar-refractivity contribution in [2.24, 2.45) is 11.8 Å². The van der Waals surface area contributed by atoms with Gasteiger partial charge in [0.05, 0.1) is 18.4 Å². The molecular formula is C26H34N4O4. The predicted molar refractivity (Wildman–Crippen MR) is 126 cm³/mol. The zero-order chi connectivity index (χ0) is 24.5. The number of rotatable bonds is 7. The van der Waals surface area contributed by atoms with Crippen LogP contribution < -0.4 is 0 Å². The van der Waals surface area contributed by atoms with E-state index in [1.807, 2.05) is 12.1 Å². The molecule has 2 aromatic rings. The SMILES string of the molecule is CN(Cc1nnc(-c2ccc(C(C)(C)C)cc2)o1)C(=O)CCCN1C(=O)[C@@H]2CCCC[C@H]2C1=O. The highest BCUT2D eigenvalue weighted by Gasteiger charge is 2.47. The molecule has 1 aromatic carbocycles. The molecule has 0 spiro atoms. The van der Waals surface area contributed by atoms with Gasteiger partial charge in [0.1, 0.15) is 0 Å². The molecule has 182 valence electrons. The highest BCUT2D eigenvalue weighted by Crippen LogP contribution is 2.38. The number of hydrogen-bond acceptors (Lipinski definition) is 6. The summed E-state index contributed by atoms with van der Waals surface area (Å²) in [5, 5.41) is 8.20. The first-order chi connectivity index (χ1) is 16.1. The van der Waals surface area contributed by atoms with Gasteiger partial charge in [0.2, 0.25) is 29.5 Å². The van der Waals surface area contributed by atoms with Crippen LogP contribution in [0.4, 0.5) is 0 Å². The number of benzene rings is 1. The Bertz CT molecular complexity index is 1030. The number of nitrogens with zero attached hydrogens (tertiary/aromatic N) is 4. The minimum absolute atomic E-state index is 0.0515. The number of hydrogen-bond donors (Lipinski definition) is 0. The first-order valence-electron chi connectivity index (χ1n) is 12.2. The van der Waals surface area contributed by atoms with Crippen molar-refractivity contribution >= 4 is 17.7 Å². The third-order valence-corrected chi connectivity index (χ3v) is 6.97. The zero-order valence-corrected chi connectivity index (χ0v) is 20.5. The number of carbonyl (C=O) groups excluding carboxylic acids is 3. The molecule has 3 amide bonds. The van der Waals surface area contributed by atoms with E-state index in [0.717, 1.165) is 31.2 Å². The Labute approximate surface area is 200 Å². The molecule has 1 saturated heterocycles. The van der Waals surface area contributed by atoms with Crippen molar-refractivity contribution in [1.82, 2.24) is 20.0 Å². The van der Waals surface area contributed by atoms with Crippen LogP contribution in [0.15, 0.2) is 28.7 Å². The molecule has 1 aliphatic heterocycles. The summed E-state index contributed by atoms with van der Waals surface area (Å²) in [7, 11) is 1.69. The third-order valence-electron chi connectivity index (χ3n) is 6.97. The van der Waals surface area contributed by atoms with E-state index in [0.29, 0.717) is 24.7 Å². The van der Waals surface area contributed by atoms with E-state index < -0.39 is 0 Å². The minimum Gasteiger partial charge on any atom is -0.419 e. The van der Waals surface area contributed by atoms with Crippen LogP contribution in [0.1, 0.15) is 70.8 Å². The lowest BCUT2D eigenvalue weighted by Crippen LogP contribution is -2.33. The predicted octanol–water partition coefficient (Wildman–Crippen LogP) is 3.95. The summed E-state index contributed by atoms with van der Waals surface area (Å²) in [4.78, 5) is 40.6. The topological polar surface area (TPSA) is 96.6 Å². The van der Waals surface area contributed by atoms with Gasteiger partial charge in [-0.15, -0.1) is 10.2 Å². The maximum atomic E-state index is 12.6. The van der Waals surface area contributed by atoms with E-state index >= 15 is 0 Å². The van der Waals surface area contributed by atoms with Crippen molar-refractivity contribution in [3.05, 3.63) is 35.7 Å². The van der Waals surface area contributed by atoms with Gasteiger partial charge in [0.15, 0.2) is 0 Å². The molecule has 0 N–H and O–H groups in total. The summed E-state index contributed by atoms with van der Waals surface area (Å²) < 4.78 is 5.77. The van der Waals surface area contributed by atoms with Crippen molar-refractivity contribution in [2.45, 2.75) is 71.3 Å². The van der Waals surface area contributed by atoms with E-state index in [2.05, 4.69) is 43.1 Å². The molecule has 1 aliphatic carbocycles. The van der Waals surface area contributed by atoms with Gasteiger partial charge in [-0.1, -0.05) is 45.7 Å². The highest BCUT2D eigenvalue weighted by atomic mass is 16.4. The molecule has 8 nitrogen and oxygen atoms in total. The first-order valence-corrected chi connectivity index (χ1v) is 12.2. The quantitative estimate of drug-likeness (QED) is 0.573. The number of aromatic nitrogens is 2. The lowest BCUT2D eigenvalue weighted by molar-refractivity contribution is -0.140. The van der Waals surface area contributed by atoms with Crippen LogP contribution >= 0.6 is 0 Å². The van der Waals surface area contributed by atoms with Crippen LogP contribution in [-0.4, -0.2) is 51.3 Å². The average Bonchev–Trinajstić information content (AvgIpc) is 3.37. The number of likely N-dealkylation sites (tertiary alicyclic amines) is 1. The molecule has 34 heavy (non-hydrogen) atoms. The molecule has 0 bridgehead atoms. The van der Waals surface area contributed by atoms with Crippen LogP contribution in [0.2, 0.25) is 0 Å². The Kier molecular flexibility index (Phi) is 6.86. The summed E-state index contributed by atoms with van der Waals surface area (Å²) in [5.74, 6) is 0.301. The lowest BCUT2D eigenvalue weighted by Gasteiger charge is -2.19. The lowest BCUT2D eigenvalue weighted by atomic mass is 9.81. The van der Waals surface area contributed by atoms with E-state index in [1.54, 1.807) is 7.05 Å². The van der Waals surface area contributed by atoms with Gasteiger partial charge in [-0.2, -0.15) is 0 Å². The molecule has 1 saturated carbocycles. The number of imide groups is 1. The maximum absolute atomic E-state index is 12.6. The summed E-state index contributed by atoms with van der Waals surface area (Å²) in [6.45, 7) is 6.99. The monoisotopic (exact) mass is 466 g/mol. The maximum Gasteiger partial charge on any atom is 0.247 e. The Balaban J connectivity index is 1.27. The van der Waals surface area contributed by atoms with Crippen molar-refractivity contribution < 1.29 is 18.8 Å². The van der Waals surface area contributed by atoms with Crippen LogP contribution in [0.5, 0.6) is 0 Å². The molecular weight excluding hydrogens is 432 g/mol. The smallest absolute Gasteiger partial charge is 0.247 e. The van der Waals surface area contributed by atoms with Gasteiger partial charge in [-0.3, -0.25) is 19.3 Å². The van der Waals surface area contributed by atoms with Crippen LogP contribution in [0.25, 0.3) is 11.5 Å². The normalized spacial score (nSPS) is 20.5. The molecule has 2 aliphatic rings. The molecule has 2 heterocycles. The number of amides is 3. The summed E-state index contributed by atoms with van der Waals surface area (Å²) in [6, 6.07) is 8.03. The number of carbonyl (C=O) groups is 3. The zero-order valence-electron chi connectivity index (χ0n) is 20.5. The minimum atomic E-state index is -0.143. The summed E-state index contributed by atoms with van der Waals surface area (Å²) in [6.07, 6.45) is 4.34. The third kappa shape index (κ3) is 5.05. The second-order valence-corrected chi connectivity index (χ2v) is 10.5. The second-order valence-electron chi connectivity index (χ2n) is 10.5. The Morgan fingerprint density at radius 3 is 2.26 bits per heavy atom. The van der Waals surface area contributed by atoms with Gasteiger partial charge in [-0.05, 0) is 42.4 Å². The molecule has 2 atom stereocenters. The Morgan fingerprint density at radius 1 is 1.06 bits per heavy atom. The van der Waals surface area contributed by atoms with Crippen molar-refractivity contribution in [1.29, 1.82) is 0 Å². The standard InChI is InChI=1S/C26H34N4O4/c1-26(2,3)18-13-11-17(12-14-18)23-28-27-21(34-23)16-29(4)22(31)10-7-15-30-24(32)19-8-5-6-9-20(19)25(30)33/h11-14,19-20H,5-10,15-16H2,1-4H3/t19-,20-/m1/s1. The molecule has 0 unspecified atom stereocenters. The van der Waals surface area contributed by atoms with Gasteiger partial charge >= 0.3 is 0 Å². The molecule has 0 radical (unpaired) electrons. The first kappa shape index (κ1) is 24.1. The largest absolute Gasteiger partial charge is 0.419 e. The number of fused-ring (bicyclic) bond motifs is 1. The van der Waals surface area contributed by atoms with Crippen LogP contribution in [-0.2, 0) is 26.3 Å². The molecule has 8 heteroatoms. The Morgan fingerprint density at radius 2 is 1.68 bits per heavy atom. The molecule has 2 fully saturated rings. The summed E-state index contributed by atoms with van der Waals surface area (Å²) >= 11 is 0. The van der Waals surface area contributed by atoms with Crippen molar-refractivity contribution in [2.75, 3.05) is 13.6 Å². The van der Waals surface area contributed by atoms with Gasteiger partial charge in [0, 0.05) is 25.6 Å². The van der Waals surface area contributed by atoms with Gasteiger partial charge < -0.3 is 9.32 Å². The second kappa shape index (κ2) is 9.68. The van der Waals surface area contributed by atoms with E-state index in [9.17, 15) is 14.4 Å². The van der Waals surface area contributed by atoms with Crippen molar-refractivity contribution in [3.8, 4) is 11.5 Å². The fourth-order valence-corrected chi connectivity index (χ4v) is 4.87. The fourth-order valence-electron chi connectivity index (χ4n) is 4.87. The van der Waals surface area contributed by atoms with Gasteiger partial charge in [-0.25, -0.2) is 0 Å². The molecule has 1 aromatic heterocycles. The van der Waals surface area contributed by atoms with E-state index in [4.69, 9.17) is 4.42 Å². The van der Waals surface area contributed by atoms with E-state index in [1.165, 1.54) is 15.4 Å². The highest BCUT2D eigenvalue weighted by molar-refractivity contribution is 6.05. The Hall–Kier alpha value is -3.03. The molecule has 4 rings (SSSR count). The van der Waals surface area contributed by atoms with Crippen LogP contribution in [0, 0.1) is 11.8 Å². The summed E-state index contributed by atoms with van der Waals surface area (Å²) in [5.41, 5.74) is 2.12. The van der Waals surface area contributed by atoms with Gasteiger partial charge in [0.25, 0.3) is 0 Å². The van der Waals surface area contributed by atoms with Crippen LogP contribution in [0.3, 0.4) is 0 Å². The average molecular weight is 467 g/mol. The fraction of sp³-hybridized carbons (Fsp3) is 0.577. The van der Waals surface area contributed by atoms with Crippen molar-refractivity contribution in [3.63, 3.8) is 0 Å².